The minimum atomic E-state index is -0.427. The average Bonchev–Trinajstić information content (AvgIpc) is 2.95. The van der Waals surface area contributed by atoms with Gasteiger partial charge in [0, 0.05) is 24.3 Å². The maximum Gasteiger partial charge on any atom is 0.251 e. The van der Waals surface area contributed by atoms with Crippen molar-refractivity contribution in [2.75, 3.05) is 19.8 Å². The molecule has 1 aromatic rings. The molecular formula is C16H24N2O3. The molecule has 116 valence electrons. The van der Waals surface area contributed by atoms with Gasteiger partial charge < -0.3 is 20.5 Å². The molecule has 0 saturated carbocycles. The number of nitrogens with one attached hydrogen (secondary N) is 1. The molecule has 1 unspecified atom stereocenters. The van der Waals surface area contributed by atoms with Gasteiger partial charge in [-0.15, -0.1) is 0 Å². The predicted octanol–water partition coefficient (Wildman–Crippen LogP) is 1.71. The molecule has 0 aliphatic carbocycles. The Balaban J connectivity index is 1.88. The van der Waals surface area contributed by atoms with Crippen LogP contribution in [0, 0.1) is 0 Å². The number of ether oxygens (including phenoxy) is 2. The van der Waals surface area contributed by atoms with Crippen LogP contribution in [-0.4, -0.2) is 37.3 Å². The molecule has 1 heterocycles. The zero-order valence-corrected chi connectivity index (χ0v) is 12.7. The van der Waals surface area contributed by atoms with E-state index in [0.29, 0.717) is 24.5 Å². The monoisotopic (exact) mass is 292 g/mol. The van der Waals surface area contributed by atoms with E-state index in [1.165, 1.54) is 0 Å². The zero-order valence-electron chi connectivity index (χ0n) is 12.7. The lowest BCUT2D eigenvalue weighted by Gasteiger charge is -2.19. The van der Waals surface area contributed by atoms with Crippen molar-refractivity contribution in [1.29, 1.82) is 0 Å². The molecule has 5 nitrogen and oxygen atoms in total. The number of carbonyl (C=O) groups is 1. The first kappa shape index (κ1) is 15.8. The van der Waals surface area contributed by atoms with Gasteiger partial charge in [-0.1, -0.05) is 6.07 Å². The van der Waals surface area contributed by atoms with Gasteiger partial charge in [-0.05, 0) is 44.9 Å². The van der Waals surface area contributed by atoms with Crippen LogP contribution in [0.5, 0.6) is 5.75 Å². The van der Waals surface area contributed by atoms with Crippen molar-refractivity contribution in [2.24, 2.45) is 5.73 Å². The Bertz CT molecular complexity index is 477. The van der Waals surface area contributed by atoms with Crippen molar-refractivity contribution in [3.05, 3.63) is 29.8 Å². The minimum absolute atomic E-state index is 0.143. The highest BCUT2D eigenvalue weighted by atomic mass is 16.5. The second-order valence-electron chi connectivity index (χ2n) is 6.15. The van der Waals surface area contributed by atoms with Crippen molar-refractivity contribution in [1.82, 2.24) is 5.32 Å². The molecule has 0 bridgehead atoms. The third-order valence-electron chi connectivity index (χ3n) is 3.26. The first-order chi connectivity index (χ1) is 9.94. The lowest BCUT2D eigenvalue weighted by molar-refractivity contribution is 0.0679. The van der Waals surface area contributed by atoms with Crippen LogP contribution in [0.25, 0.3) is 0 Å². The number of amides is 1. The largest absolute Gasteiger partial charge is 0.491 e. The number of carbonyl (C=O) groups excluding carboxylic acids is 1. The highest BCUT2D eigenvalue weighted by molar-refractivity contribution is 5.94. The van der Waals surface area contributed by atoms with Crippen molar-refractivity contribution in [2.45, 2.75) is 38.3 Å². The summed E-state index contributed by atoms with van der Waals surface area (Å²) in [4.78, 5) is 12.1. The molecule has 3 N–H and O–H groups in total. The number of hydrogen-bond donors (Lipinski definition) is 2. The fourth-order valence-electron chi connectivity index (χ4n) is 2.10. The summed E-state index contributed by atoms with van der Waals surface area (Å²) < 4.78 is 11.2. The minimum Gasteiger partial charge on any atom is -0.491 e. The van der Waals surface area contributed by atoms with Crippen LogP contribution in [0.4, 0.5) is 0 Å². The van der Waals surface area contributed by atoms with E-state index in [2.05, 4.69) is 5.32 Å². The van der Waals surface area contributed by atoms with Gasteiger partial charge in [0.15, 0.2) is 0 Å². The fraction of sp³-hybridized carbons (Fsp3) is 0.562. The SMILES string of the molecule is CC(C)(N)CNC(=O)c1cccc(OCC2CCCO2)c1. The van der Waals surface area contributed by atoms with Crippen LogP contribution in [-0.2, 0) is 4.74 Å². The van der Waals surface area contributed by atoms with Crippen molar-refractivity contribution in [3.63, 3.8) is 0 Å². The van der Waals surface area contributed by atoms with E-state index in [4.69, 9.17) is 15.2 Å². The maximum atomic E-state index is 12.1. The first-order valence-electron chi connectivity index (χ1n) is 7.35. The number of benzene rings is 1. The smallest absolute Gasteiger partial charge is 0.251 e. The second-order valence-corrected chi connectivity index (χ2v) is 6.15. The summed E-state index contributed by atoms with van der Waals surface area (Å²) in [5.74, 6) is 0.543. The molecule has 1 atom stereocenters. The molecule has 2 rings (SSSR count). The molecule has 1 aromatic carbocycles. The lowest BCUT2D eigenvalue weighted by Crippen LogP contribution is -2.45. The van der Waals surface area contributed by atoms with Crippen LogP contribution < -0.4 is 15.8 Å². The predicted molar refractivity (Wildman–Crippen MR) is 81.5 cm³/mol. The van der Waals surface area contributed by atoms with Crippen LogP contribution >= 0.6 is 0 Å². The fourth-order valence-corrected chi connectivity index (χ4v) is 2.10. The molecule has 0 spiro atoms. The molecule has 1 saturated heterocycles. The van der Waals surface area contributed by atoms with Gasteiger partial charge in [0.25, 0.3) is 5.91 Å². The van der Waals surface area contributed by atoms with Crippen molar-refractivity contribution in [3.8, 4) is 5.75 Å². The second kappa shape index (κ2) is 6.91. The van der Waals surface area contributed by atoms with E-state index in [1.807, 2.05) is 26.0 Å². The summed E-state index contributed by atoms with van der Waals surface area (Å²) in [7, 11) is 0. The van der Waals surface area contributed by atoms with E-state index in [0.717, 1.165) is 19.4 Å². The molecule has 1 aliphatic heterocycles. The van der Waals surface area contributed by atoms with Crippen LogP contribution in [0.3, 0.4) is 0 Å². The summed E-state index contributed by atoms with van der Waals surface area (Å²) in [6.45, 7) is 5.50. The lowest BCUT2D eigenvalue weighted by atomic mass is 10.1. The maximum absolute atomic E-state index is 12.1. The average molecular weight is 292 g/mol. The summed E-state index contributed by atoms with van der Waals surface area (Å²) in [5.41, 5.74) is 6.00. The Hall–Kier alpha value is -1.59. The van der Waals surface area contributed by atoms with E-state index < -0.39 is 5.54 Å². The van der Waals surface area contributed by atoms with Crippen LogP contribution in [0.1, 0.15) is 37.0 Å². The van der Waals surface area contributed by atoms with Crippen LogP contribution in [0.2, 0.25) is 0 Å². The molecule has 1 fully saturated rings. The number of hydrogen-bond acceptors (Lipinski definition) is 4. The summed E-state index contributed by atoms with van der Waals surface area (Å²) >= 11 is 0. The Kier molecular flexibility index (Phi) is 5.20. The summed E-state index contributed by atoms with van der Waals surface area (Å²) in [6, 6.07) is 7.16. The van der Waals surface area contributed by atoms with Gasteiger partial charge in [-0.3, -0.25) is 4.79 Å². The normalized spacial score (nSPS) is 18.5. The van der Waals surface area contributed by atoms with Gasteiger partial charge in [-0.2, -0.15) is 0 Å². The van der Waals surface area contributed by atoms with Gasteiger partial charge >= 0.3 is 0 Å². The molecule has 21 heavy (non-hydrogen) atoms. The molecule has 1 aliphatic rings. The highest BCUT2D eigenvalue weighted by Crippen LogP contribution is 2.17. The molecule has 1 amide bonds. The van der Waals surface area contributed by atoms with Gasteiger partial charge in [0.1, 0.15) is 12.4 Å². The molecular weight excluding hydrogens is 268 g/mol. The Labute approximate surface area is 125 Å². The first-order valence-corrected chi connectivity index (χ1v) is 7.35. The van der Waals surface area contributed by atoms with Crippen molar-refractivity contribution < 1.29 is 14.3 Å². The Morgan fingerprint density at radius 2 is 2.33 bits per heavy atom. The van der Waals surface area contributed by atoms with E-state index in [-0.39, 0.29) is 12.0 Å². The highest BCUT2D eigenvalue weighted by Gasteiger charge is 2.17. The molecule has 5 heteroatoms. The third-order valence-corrected chi connectivity index (χ3v) is 3.26. The van der Waals surface area contributed by atoms with E-state index in [1.54, 1.807) is 12.1 Å². The number of nitrogens with two attached hydrogens (primary N) is 1. The molecule has 0 aromatic heterocycles. The van der Waals surface area contributed by atoms with E-state index in [9.17, 15) is 4.79 Å². The Morgan fingerprint density at radius 3 is 3.00 bits per heavy atom. The van der Waals surface area contributed by atoms with E-state index >= 15 is 0 Å². The van der Waals surface area contributed by atoms with Gasteiger partial charge in [-0.25, -0.2) is 0 Å². The van der Waals surface area contributed by atoms with Crippen LogP contribution in [0.15, 0.2) is 24.3 Å². The number of rotatable bonds is 6. The van der Waals surface area contributed by atoms with Crippen molar-refractivity contribution >= 4 is 5.91 Å². The standard InChI is InChI=1S/C16H24N2O3/c1-16(2,17)11-18-15(19)12-5-3-6-13(9-12)21-10-14-7-4-8-20-14/h3,5-6,9,14H,4,7-8,10-11,17H2,1-2H3,(H,18,19). The summed E-state index contributed by atoms with van der Waals surface area (Å²) in [5, 5.41) is 2.82. The van der Waals surface area contributed by atoms with Gasteiger partial charge in [0.05, 0.1) is 6.10 Å². The summed E-state index contributed by atoms with van der Waals surface area (Å²) in [6.07, 6.45) is 2.29. The molecule has 0 radical (unpaired) electrons. The Morgan fingerprint density at radius 1 is 1.52 bits per heavy atom. The topological polar surface area (TPSA) is 73.6 Å². The van der Waals surface area contributed by atoms with Gasteiger partial charge in [0.2, 0.25) is 0 Å². The quantitative estimate of drug-likeness (QED) is 0.837. The zero-order chi connectivity index (χ0) is 15.3. The third kappa shape index (κ3) is 5.36.